The van der Waals surface area contributed by atoms with Gasteiger partial charge in [-0.3, -0.25) is 4.98 Å². The van der Waals surface area contributed by atoms with Crippen molar-refractivity contribution in [2.75, 3.05) is 6.54 Å². The van der Waals surface area contributed by atoms with Crippen LogP contribution in [0.5, 0.6) is 0 Å². The van der Waals surface area contributed by atoms with E-state index in [4.69, 9.17) is 0 Å². The number of aromatic nitrogens is 1. The number of aliphatic hydroxyl groups excluding tert-OH is 1. The van der Waals surface area contributed by atoms with Crippen LogP contribution in [0.25, 0.3) is 0 Å². The molecule has 0 fully saturated rings. The van der Waals surface area contributed by atoms with Crippen LogP contribution in [0.15, 0.2) is 48.8 Å². The second kappa shape index (κ2) is 6.69. The number of nitrogens with zero attached hydrogens (tertiary/aromatic N) is 1. The molecule has 2 N–H and O–H groups in total. The summed E-state index contributed by atoms with van der Waals surface area (Å²) in [5.74, 6) is 0. The summed E-state index contributed by atoms with van der Waals surface area (Å²) in [6.07, 6.45) is -1.87. The van der Waals surface area contributed by atoms with Crippen LogP contribution >= 0.6 is 0 Å². The lowest BCUT2D eigenvalue weighted by Gasteiger charge is -2.13. The van der Waals surface area contributed by atoms with Crippen molar-refractivity contribution in [1.82, 2.24) is 10.3 Å². The van der Waals surface area contributed by atoms with Gasteiger partial charge in [0.2, 0.25) is 0 Å². The molecule has 1 aromatic heterocycles. The molecule has 2 aromatic rings. The lowest BCUT2D eigenvalue weighted by atomic mass is 10.1. The first-order valence-electron chi connectivity index (χ1n) is 6.41. The predicted molar refractivity (Wildman–Crippen MR) is 72.3 cm³/mol. The molecule has 0 aliphatic heterocycles. The highest BCUT2D eigenvalue weighted by molar-refractivity contribution is 5.26. The number of pyridine rings is 1. The molecule has 0 aliphatic carbocycles. The summed E-state index contributed by atoms with van der Waals surface area (Å²) >= 11 is 0. The van der Waals surface area contributed by atoms with Crippen LogP contribution in [0, 0.1) is 0 Å². The summed E-state index contributed by atoms with van der Waals surface area (Å²) in [4.78, 5) is 3.90. The summed E-state index contributed by atoms with van der Waals surface area (Å²) in [7, 11) is 0. The van der Waals surface area contributed by atoms with E-state index >= 15 is 0 Å². The Morgan fingerprint density at radius 1 is 1.05 bits per heavy atom. The SMILES string of the molecule is OC(CNCc1ccncc1)c1ccc(C(F)(F)F)cc1. The first-order chi connectivity index (χ1) is 9.97. The molecule has 112 valence electrons. The molecule has 2 rings (SSSR count). The minimum atomic E-state index is -4.36. The molecular weight excluding hydrogens is 281 g/mol. The number of hydrogen-bond donors (Lipinski definition) is 2. The van der Waals surface area contributed by atoms with Crippen LogP contribution in [0.3, 0.4) is 0 Å². The predicted octanol–water partition coefficient (Wildman–Crippen LogP) is 2.92. The van der Waals surface area contributed by atoms with Gasteiger partial charge in [-0.05, 0) is 35.4 Å². The highest BCUT2D eigenvalue weighted by Crippen LogP contribution is 2.29. The van der Waals surface area contributed by atoms with Gasteiger partial charge in [-0.15, -0.1) is 0 Å². The molecule has 0 radical (unpaired) electrons. The summed E-state index contributed by atoms with van der Waals surface area (Å²) in [5, 5.41) is 13.0. The molecule has 0 spiro atoms. The van der Waals surface area contributed by atoms with Gasteiger partial charge < -0.3 is 10.4 Å². The zero-order chi connectivity index (χ0) is 15.3. The molecule has 3 nitrogen and oxygen atoms in total. The monoisotopic (exact) mass is 296 g/mol. The van der Waals surface area contributed by atoms with Crippen LogP contribution in [0.1, 0.15) is 22.8 Å². The zero-order valence-corrected chi connectivity index (χ0v) is 11.1. The highest BCUT2D eigenvalue weighted by atomic mass is 19.4. The van der Waals surface area contributed by atoms with Gasteiger partial charge in [-0.25, -0.2) is 0 Å². The van der Waals surface area contributed by atoms with Crippen molar-refractivity contribution in [2.45, 2.75) is 18.8 Å². The maximum absolute atomic E-state index is 12.4. The molecular formula is C15H15F3N2O. The summed E-state index contributed by atoms with van der Waals surface area (Å²) in [6.45, 7) is 0.813. The summed E-state index contributed by atoms with van der Waals surface area (Å²) in [5.41, 5.74) is 0.748. The Hall–Kier alpha value is -1.92. The normalized spacial score (nSPS) is 13.1. The van der Waals surface area contributed by atoms with Crippen LogP contribution in [-0.4, -0.2) is 16.6 Å². The van der Waals surface area contributed by atoms with E-state index in [-0.39, 0.29) is 6.54 Å². The van der Waals surface area contributed by atoms with Crippen molar-refractivity contribution in [2.24, 2.45) is 0 Å². The minimum Gasteiger partial charge on any atom is -0.387 e. The van der Waals surface area contributed by atoms with Crippen LogP contribution in [0.4, 0.5) is 13.2 Å². The Morgan fingerprint density at radius 2 is 1.67 bits per heavy atom. The first kappa shape index (κ1) is 15.5. The molecule has 1 unspecified atom stereocenters. The lowest BCUT2D eigenvalue weighted by molar-refractivity contribution is -0.137. The number of alkyl halides is 3. The fourth-order valence-electron chi connectivity index (χ4n) is 1.87. The first-order valence-corrected chi connectivity index (χ1v) is 6.41. The lowest BCUT2D eigenvalue weighted by Crippen LogP contribution is -2.21. The number of nitrogens with one attached hydrogen (secondary N) is 1. The molecule has 21 heavy (non-hydrogen) atoms. The third-order valence-electron chi connectivity index (χ3n) is 3.04. The van der Waals surface area contributed by atoms with E-state index in [1.54, 1.807) is 12.4 Å². The third-order valence-corrected chi connectivity index (χ3v) is 3.04. The molecule has 0 amide bonds. The largest absolute Gasteiger partial charge is 0.416 e. The Labute approximate surface area is 120 Å². The molecule has 0 saturated carbocycles. The van der Waals surface area contributed by atoms with Crippen molar-refractivity contribution in [3.05, 3.63) is 65.5 Å². The van der Waals surface area contributed by atoms with Crippen molar-refractivity contribution in [3.63, 3.8) is 0 Å². The van der Waals surface area contributed by atoms with Crippen molar-refractivity contribution in [1.29, 1.82) is 0 Å². The molecule has 1 heterocycles. The molecule has 6 heteroatoms. The van der Waals surface area contributed by atoms with Gasteiger partial charge in [-0.1, -0.05) is 12.1 Å². The Kier molecular flexibility index (Phi) is 4.93. The van der Waals surface area contributed by atoms with Gasteiger partial charge in [0.15, 0.2) is 0 Å². The van der Waals surface area contributed by atoms with E-state index in [1.807, 2.05) is 12.1 Å². The van der Waals surface area contributed by atoms with E-state index in [1.165, 1.54) is 12.1 Å². The van der Waals surface area contributed by atoms with Gasteiger partial charge in [0.25, 0.3) is 0 Å². The smallest absolute Gasteiger partial charge is 0.387 e. The number of aliphatic hydroxyl groups is 1. The number of benzene rings is 1. The Bertz CT molecular complexity index is 555. The highest BCUT2D eigenvalue weighted by Gasteiger charge is 2.30. The second-order valence-corrected chi connectivity index (χ2v) is 4.62. The quantitative estimate of drug-likeness (QED) is 0.891. The number of halogens is 3. The number of rotatable bonds is 5. The van der Waals surface area contributed by atoms with Gasteiger partial charge in [-0.2, -0.15) is 13.2 Å². The van der Waals surface area contributed by atoms with Gasteiger partial charge >= 0.3 is 6.18 Å². The molecule has 0 bridgehead atoms. The zero-order valence-electron chi connectivity index (χ0n) is 11.1. The van der Waals surface area contributed by atoms with E-state index in [9.17, 15) is 18.3 Å². The van der Waals surface area contributed by atoms with E-state index in [0.717, 1.165) is 17.7 Å². The third kappa shape index (κ3) is 4.54. The molecule has 1 aromatic carbocycles. The molecule has 0 aliphatic rings. The summed E-state index contributed by atoms with van der Waals surface area (Å²) in [6, 6.07) is 8.22. The van der Waals surface area contributed by atoms with Crippen LogP contribution < -0.4 is 5.32 Å². The van der Waals surface area contributed by atoms with Crippen molar-refractivity contribution in [3.8, 4) is 0 Å². The Balaban J connectivity index is 1.87. The standard InChI is InChI=1S/C15H15F3N2O/c16-15(17,18)13-3-1-12(2-4-13)14(21)10-20-9-11-5-7-19-8-6-11/h1-8,14,20-21H,9-10H2. The second-order valence-electron chi connectivity index (χ2n) is 4.62. The van der Waals surface area contributed by atoms with E-state index < -0.39 is 17.8 Å². The van der Waals surface area contributed by atoms with E-state index in [0.29, 0.717) is 12.1 Å². The topological polar surface area (TPSA) is 45.1 Å². The summed E-state index contributed by atoms with van der Waals surface area (Å²) < 4.78 is 37.3. The van der Waals surface area contributed by atoms with Crippen LogP contribution in [0.2, 0.25) is 0 Å². The maximum atomic E-state index is 12.4. The molecule has 1 atom stereocenters. The Morgan fingerprint density at radius 3 is 2.24 bits per heavy atom. The maximum Gasteiger partial charge on any atom is 0.416 e. The van der Waals surface area contributed by atoms with Crippen molar-refractivity contribution >= 4 is 0 Å². The minimum absolute atomic E-state index is 0.258. The fourth-order valence-corrected chi connectivity index (χ4v) is 1.87. The van der Waals surface area contributed by atoms with Gasteiger partial charge in [0.1, 0.15) is 0 Å². The average molecular weight is 296 g/mol. The van der Waals surface area contributed by atoms with Gasteiger partial charge in [0, 0.05) is 25.5 Å². The molecule has 0 saturated heterocycles. The fraction of sp³-hybridized carbons (Fsp3) is 0.267. The number of hydrogen-bond acceptors (Lipinski definition) is 3. The van der Waals surface area contributed by atoms with Gasteiger partial charge in [0.05, 0.1) is 11.7 Å². The average Bonchev–Trinajstić information content (AvgIpc) is 2.47. The van der Waals surface area contributed by atoms with E-state index in [2.05, 4.69) is 10.3 Å². The van der Waals surface area contributed by atoms with Crippen molar-refractivity contribution < 1.29 is 18.3 Å². The van der Waals surface area contributed by atoms with Crippen LogP contribution in [-0.2, 0) is 12.7 Å².